The molecule has 0 aliphatic carbocycles. The fraction of sp³-hybridized carbons (Fsp3) is 0.160. The van der Waals surface area contributed by atoms with Gasteiger partial charge in [0, 0.05) is 24.1 Å². The Bertz CT molecular complexity index is 1430. The molecule has 12 heteroatoms. The SMILES string of the molecule is Cc1ccc(S(=O)(=O)NC(C)CC(=O)Nc2cc(O)c(NC(=O)/C(=N/O)c3ccccc3)cc2Cl)cc1. The summed E-state index contributed by atoms with van der Waals surface area (Å²) in [7, 11) is -3.82. The number of phenolic OH excluding ortho intramolecular Hbond substituents is 1. The van der Waals surface area contributed by atoms with Crippen LogP contribution in [0.1, 0.15) is 24.5 Å². The van der Waals surface area contributed by atoms with Crippen LogP contribution in [0.25, 0.3) is 0 Å². The minimum Gasteiger partial charge on any atom is -0.506 e. The Morgan fingerprint density at radius 1 is 1.00 bits per heavy atom. The molecule has 3 rings (SSSR count). The lowest BCUT2D eigenvalue weighted by Gasteiger charge is -2.16. The highest BCUT2D eigenvalue weighted by Gasteiger charge is 2.21. The summed E-state index contributed by atoms with van der Waals surface area (Å²) in [5, 5.41) is 27.6. The number of hydrogen-bond acceptors (Lipinski definition) is 7. The van der Waals surface area contributed by atoms with Crippen molar-refractivity contribution in [3.63, 3.8) is 0 Å². The quantitative estimate of drug-likeness (QED) is 0.119. The average molecular weight is 545 g/mol. The van der Waals surface area contributed by atoms with E-state index in [1.54, 1.807) is 42.5 Å². The molecule has 0 fully saturated rings. The number of hydrogen-bond donors (Lipinski definition) is 5. The van der Waals surface area contributed by atoms with Crippen molar-refractivity contribution in [2.45, 2.75) is 31.2 Å². The van der Waals surface area contributed by atoms with Gasteiger partial charge >= 0.3 is 0 Å². The molecule has 0 bridgehead atoms. The summed E-state index contributed by atoms with van der Waals surface area (Å²) in [4.78, 5) is 25.1. The number of aryl methyl sites for hydroxylation is 1. The molecule has 0 radical (unpaired) electrons. The Labute approximate surface area is 219 Å². The van der Waals surface area contributed by atoms with Crippen molar-refractivity contribution in [2.75, 3.05) is 10.6 Å². The van der Waals surface area contributed by atoms with E-state index >= 15 is 0 Å². The monoisotopic (exact) mass is 544 g/mol. The van der Waals surface area contributed by atoms with E-state index < -0.39 is 33.6 Å². The molecule has 3 aromatic rings. The zero-order valence-corrected chi connectivity index (χ0v) is 21.5. The predicted molar refractivity (Wildman–Crippen MR) is 141 cm³/mol. The molecule has 0 aliphatic heterocycles. The standard InChI is InChI=1S/C25H25ClN4O6S/c1-15-8-10-18(11-9-15)37(35,36)30-16(2)12-23(32)27-20-14-22(31)21(13-19(20)26)28-25(33)24(29-34)17-6-4-3-5-7-17/h3-11,13-14,16,30-31,34H,12H2,1-2H3,(H,27,32)(H,28,33)/b29-24+. The molecule has 1 unspecified atom stereocenters. The molecular weight excluding hydrogens is 520 g/mol. The maximum Gasteiger partial charge on any atom is 0.278 e. The van der Waals surface area contributed by atoms with E-state index in [-0.39, 0.29) is 33.4 Å². The van der Waals surface area contributed by atoms with Gasteiger partial charge in [0.2, 0.25) is 15.9 Å². The van der Waals surface area contributed by atoms with Crippen molar-refractivity contribution < 1.29 is 28.3 Å². The number of carbonyl (C=O) groups is 2. The first kappa shape index (κ1) is 27.7. The third-order valence-corrected chi connectivity index (χ3v) is 7.07. The number of amides is 2. The van der Waals surface area contributed by atoms with Crippen molar-refractivity contribution in [1.29, 1.82) is 0 Å². The second-order valence-electron chi connectivity index (χ2n) is 8.21. The number of rotatable bonds is 9. The molecule has 0 aromatic heterocycles. The lowest BCUT2D eigenvalue weighted by atomic mass is 10.1. The molecule has 0 saturated heterocycles. The molecule has 1 atom stereocenters. The van der Waals surface area contributed by atoms with Crippen LogP contribution in [0.3, 0.4) is 0 Å². The van der Waals surface area contributed by atoms with Gasteiger partial charge in [-0.05, 0) is 32.0 Å². The minimum absolute atomic E-state index is 0.00321. The number of nitrogens with one attached hydrogen (secondary N) is 3. The van der Waals surface area contributed by atoms with Crippen LogP contribution in [0.5, 0.6) is 5.75 Å². The molecule has 5 N–H and O–H groups in total. The van der Waals surface area contributed by atoms with E-state index in [1.165, 1.54) is 25.1 Å². The molecule has 0 aliphatic rings. The number of phenols is 1. The fourth-order valence-corrected chi connectivity index (χ4v) is 4.80. The molecule has 0 heterocycles. The van der Waals surface area contributed by atoms with E-state index in [0.717, 1.165) is 11.6 Å². The van der Waals surface area contributed by atoms with Crippen molar-refractivity contribution >= 4 is 50.5 Å². The number of benzene rings is 3. The van der Waals surface area contributed by atoms with Crippen LogP contribution >= 0.6 is 11.6 Å². The van der Waals surface area contributed by atoms with E-state index in [2.05, 4.69) is 20.5 Å². The minimum atomic E-state index is -3.82. The Balaban J connectivity index is 1.64. The number of carbonyl (C=O) groups excluding carboxylic acids is 2. The summed E-state index contributed by atoms with van der Waals surface area (Å²) in [5.41, 5.74) is 0.953. The first-order valence-corrected chi connectivity index (χ1v) is 12.9. The van der Waals surface area contributed by atoms with Crippen molar-refractivity contribution in [2.24, 2.45) is 5.16 Å². The highest BCUT2D eigenvalue weighted by molar-refractivity contribution is 7.89. The normalized spacial score (nSPS) is 12.6. The highest BCUT2D eigenvalue weighted by Crippen LogP contribution is 2.34. The van der Waals surface area contributed by atoms with Crippen LogP contribution in [-0.4, -0.2) is 42.3 Å². The summed E-state index contributed by atoms with van der Waals surface area (Å²) in [5.74, 6) is -1.77. The number of aromatic hydroxyl groups is 1. The van der Waals surface area contributed by atoms with Crippen LogP contribution < -0.4 is 15.4 Å². The number of halogens is 1. The van der Waals surface area contributed by atoms with Gasteiger partial charge in [-0.1, -0.05) is 64.8 Å². The largest absolute Gasteiger partial charge is 0.506 e. The molecule has 37 heavy (non-hydrogen) atoms. The third-order valence-electron chi connectivity index (χ3n) is 5.15. The summed E-state index contributed by atoms with van der Waals surface area (Å²) in [6.07, 6.45) is -0.214. The molecule has 10 nitrogen and oxygen atoms in total. The van der Waals surface area contributed by atoms with E-state index in [1.807, 2.05) is 6.92 Å². The Kier molecular flexibility index (Phi) is 8.87. The van der Waals surface area contributed by atoms with Gasteiger partial charge in [-0.15, -0.1) is 0 Å². The van der Waals surface area contributed by atoms with Crippen LogP contribution in [-0.2, 0) is 19.6 Å². The van der Waals surface area contributed by atoms with E-state index in [0.29, 0.717) is 5.56 Å². The molecule has 0 saturated carbocycles. The van der Waals surface area contributed by atoms with Crippen LogP contribution in [0.4, 0.5) is 11.4 Å². The lowest BCUT2D eigenvalue weighted by Crippen LogP contribution is -2.35. The summed E-state index contributed by atoms with van der Waals surface area (Å²) in [6, 6.07) is 16.1. The van der Waals surface area contributed by atoms with E-state index in [9.17, 15) is 28.3 Å². The van der Waals surface area contributed by atoms with Gasteiger partial charge in [0.25, 0.3) is 5.91 Å². The van der Waals surface area contributed by atoms with Gasteiger partial charge in [0.15, 0.2) is 5.71 Å². The second kappa shape index (κ2) is 11.9. The zero-order chi connectivity index (χ0) is 27.2. The highest BCUT2D eigenvalue weighted by atomic mass is 35.5. The third kappa shape index (κ3) is 7.29. The smallest absolute Gasteiger partial charge is 0.278 e. The number of sulfonamides is 1. The average Bonchev–Trinajstić information content (AvgIpc) is 2.83. The number of oxime groups is 1. The summed E-state index contributed by atoms with van der Waals surface area (Å²) >= 11 is 6.23. The van der Waals surface area contributed by atoms with Gasteiger partial charge in [0.05, 0.1) is 21.3 Å². The first-order valence-electron chi connectivity index (χ1n) is 11.0. The Morgan fingerprint density at radius 2 is 1.65 bits per heavy atom. The summed E-state index contributed by atoms with van der Waals surface area (Å²) in [6.45, 7) is 3.38. The molecule has 0 spiro atoms. The summed E-state index contributed by atoms with van der Waals surface area (Å²) < 4.78 is 27.5. The fourth-order valence-electron chi connectivity index (χ4n) is 3.34. The van der Waals surface area contributed by atoms with Gasteiger partial charge in [-0.25, -0.2) is 13.1 Å². The van der Waals surface area contributed by atoms with Crippen LogP contribution in [0, 0.1) is 6.92 Å². The predicted octanol–water partition coefficient (Wildman–Crippen LogP) is 3.87. The zero-order valence-electron chi connectivity index (χ0n) is 19.9. The van der Waals surface area contributed by atoms with Gasteiger partial charge in [-0.2, -0.15) is 0 Å². The Hall–Kier alpha value is -3.93. The first-order chi connectivity index (χ1) is 17.5. The van der Waals surface area contributed by atoms with Crippen LogP contribution in [0.2, 0.25) is 5.02 Å². The number of nitrogens with zero attached hydrogens (tertiary/aromatic N) is 1. The topological polar surface area (TPSA) is 157 Å². The maximum atomic E-state index is 12.5. The van der Waals surface area contributed by atoms with Crippen molar-refractivity contribution in [3.8, 4) is 5.75 Å². The number of anilines is 2. The maximum absolute atomic E-state index is 12.5. The van der Waals surface area contributed by atoms with Gasteiger partial charge in [-0.3, -0.25) is 9.59 Å². The van der Waals surface area contributed by atoms with E-state index in [4.69, 9.17) is 11.6 Å². The van der Waals surface area contributed by atoms with Crippen molar-refractivity contribution in [1.82, 2.24) is 4.72 Å². The van der Waals surface area contributed by atoms with Crippen molar-refractivity contribution in [3.05, 3.63) is 82.9 Å². The van der Waals surface area contributed by atoms with Crippen LogP contribution in [0.15, 0.2) is 76.8 Å². The molecule has 3 aromatic carbocycles. The Morgan fingerprint density at radius 3 is 2.27 bits per heavy atom. The van der Waals surface area contributed by atoms with Gasteiger partial charge in [0.1, 0.15) is 5.75 Å². The molecular formula is C25H25ClN4O6S. The molecule has 194 valence electrons. The lowest BCUT2D eigenvalue weighted by molar-refractivity contribution is -0.116. The van der Waals surface area contributed by atoms with Gasteiger partial charge < -0.3 is 20.9 Å². The second-order valence-corrected chi connectivity index (χ2v) is 10.3. The molecule has 2 amide bonds.